The zero-order chi connectivity index (χ0) is 10.4. The van der Waals surface area contributed by atoms with Gasteiger partial charge in [0.2, 0.25) is 0 Å². The number of unbranched alkanes of at least 4 members (excludes halogenated alkanes) is 3. The molecule has 1 nitrogen and oxygen atoms in total. The van der Waals surface area contributed by atoms with Crippen molar-refractivity contribution in [1.82, 2.24) is 0 Å². The van der Waals surface area contributed by atoms with Gasteiger partial charge in [0.25, 0.3) is 0 Å². The van der Waals surface area contributed by atoms with Gasteiger partial charge in [0.15, 0.2) is 0 Å². The van der Waals surface area contributed by atoms with Gasteiger partial charge >= 0.3 is 0 Å². The summed E-state index contributed by atoms with van der Waals surface area (Å²) in [5, 5.41) is 9.44. The van der Waals surface area contributed by atoms with Gasteiger partial charge in [-0.25, -0.2) is 0 Å². The molecule has 0 aromatic heterocycles. The molecule has 1 N–H and O–H groups in total. The number of hydrogen-bond donors (Lipinski definition) is 1. The van der Waals surface area contributed by atoms with Gasteiger partial charge in [-0.2, -0.15) is 0 Å². The molecule has 0 aliphatic heterocycles. The number of benzene rings is 1. The normalized spacial score (nSPS) is 10.4. The van der Waals surface area contributed by atoms with Crippen molar-refractivity contribution in [2.75, 3.05) is 0 Å². The lowest BCUT2D eigenvalue weighted by molar-refractivity contribution is 0.472. The van der Waals surface area contributed by atoms with Crippen molar-refractivity contribution in [3.63, 3.8) is 0 Å². The summed E-state index contributed by atoms with van der Waals surface area (Å²) < 4.78 is 0. The van der Waals surface area contributed by atoms with E-state index in [1.807, 2.05) is 18.2 Å². The molecule has 0 saturated heterocycles. The quantitative estimate of drug-likeness (QED) is 0.704. The largest absolute Gasteiger partial charge is 0.508 e. The second kappa shape index (κ2) is 5.69. The minimum Gasteiger partial charge on any atom is -0.508 e. The number of phenols is 1. The van der Waals surface area contributed by atoms with Crippen molar-refractivity contribution in [1.29, 1.82) is 0 Å². The van der Waals surface area contributed by atoms with Gasteiger partial charge in [0.1, 0.15) is 5.75 Å². The Morgan fingerprint density at radius 1 is 1.21 bits per heavy atom. The fraction of sp³-hybridized carbons (Fsp3) is 0.462. The van der Waals surface area contributed by atoms with E-state index in [0.29, 0.717) is 11.3 Å². The molecule has 1 radical (unpaired) electrons. The molecule has 1 rings (SSSR count). The second-order valence-corrected chi connectivity index (χ2v) is 3.77. The smallest absolute Gasteiger partial charge is 0.119 e. The fourth-order valence-corrected chi connectivity index (χ4v) is 1.52. The van der Waals surface area contributed by atoms with Crippen molar-refractivity contribution < 1.29 is 5.11 Å². The van der Waals surface area contributed by atoms with Gasteiger partial charge in [-0.1, -0.05) is 38.3 Å². The van der Waals surface area contributed by atoms with E-state index in [9.17, 15) is 5.11 Å². The lowest BCUT2D eigenvalue weighted by atomic mass is 10.0. The summed E-state index contributed by atoms with van der Waals surface area (Å²) in [6.45, 7) is 5.93. The van der Waals surface area contributed by atoms with Crippen LogP contribution in [0.4, 0.5) is 0 Å². The number of hydrogen-bond acceptors (Lipinski definition) is 1. The Kier molecular flexibility index (Phi) is 4.51. The van der Waals surface area contributed by atoms with Gasteiger partial charge < -0.3 is 5.11 Å². The zero-order valence-electron chi connectivity index (χ0n) is 8.92. The highest BCUT2D eigenvalue weighted by Crippen LogP contribution is 2.18. The molecule has 1 aromatic rings. The lowest BCUT2D eigenvalue weighted by Crippen LogP contribution is -1.86. The van der Waals surface area contributed by atoms with Gasteiger partial charge in [0.05, 0.1) is 0 Å². The molecule has 0 aliphatic rings. The monoisotopic (exact) mass is 191 g/mol. The third-order valence-electron chi connectivity index (χ3n) is 2.47. The molecular weight excluding hydrogens is 172 g/mol. The summed E-state index contributed by atoms with van der Waals surface area (Å²) in [4.78, 5) is 0. The summed E-state index contributed by atoms with van der Waals surface area (Å²) in [5.74, 6) is 0.318. The Hall–Kier alpha value is -0.980. The predicted octanol–water partition coefficient (Wildman–Crippen LogP) is 3.70. The molecule has 14 heavy (non-hydrogen) atoms. The van der Waals surface area contributed by atoms with Gasteiger partial charge in [-0.3, -0.25) is 0 Å². The van der Waals surface area contributed by atoms with Crippen LogP contribution in [0.25, 0.3) is 0 Å². The van der Waals surface area contributed by atoms with Crippen LogP contribution in [-0.2, 0) is 6.42 Å². The molecule has 0 amide bonds. The fourth-order valence-electron chi connectivity index (χ4n) is 1.52. The highest BCUT2D eigenvalue weighted by Gasteiger charge is 1.98. The van der Waals surface area contributed by atoms with Crippen LogP contribution in [0.1, 0.15) is 43.7 Å². The predicted molar refractivity (Wildman–Crippen MR) is 60.4 cm³/mol. The minimum atomic E-state index is 0.318. The van der Waals surface area contributed by atoms with E-state index in [0.717, 1.165) is 6.42 Å². The lowest BCUT2D eigenvalue weighted by Gasteiger charge is -2.03. The number of rotatable bonds is 5. The van der Waals surface area contributed by atoms with Gasteiger partial charge in [-0.05, 0) is 37.0 Å². The highest BCUT2D eigenvalue weighted by molar-refractivity contribution is 5.38. The molecular formula is C13H19O. The molecule has 0 bridgehead atoms. The molecule has 0 heterocycles. The van der Waals surface area contributed by atoms with E-state index < -0.39 is 0 Å². The first-order valence-corrected chi connectivity index (χ1v) is 5.38. The summed E-state index contributed by atoms with van der Waals surface area (Å²) in [6.07, 6.45) is 6.13. The van der Waals surface area contributed by atoms with Crippen LogP contribution < -0.4 is 0 Å². The molecule has 0 unspecified atom stereocenters. The number of aromatic hydroxyl groups is 1. The van der Waals surface area contributed by atoms with Crippen molar-refractivity contribution in [3.8, 4) is 5.75 Å². The zero-order valence-corrected chi connectivity index (χ0v) is 8.92. The summed E-state index contributed by atoms with van der Waals surface area (Å²) in [7, 11) is 0. The summed E-state index contributed by atoms with van der Waals surface area (Å²) in [5.41, 5.74) is 1.92. The first kappa shape index (κ1) is 11.1. The minimum absolute atomic E-state index is 0.318. The highest BCUT2D eigenvalue weighted by atomic mass is 16.3. The Labute approximate surface area is 86.8 Å². The standard InChI is InChI=1S/C13H19O/c1-3-4-5-6-7-12-9-8-11(2)13(14)10-12/h8-10,14H,2-7H2,1H3. The van der Waals surface area contributed by atoms with Crippen LogP contribution in [0.15, 0.2) is 18.2 Å². The van der Waals surface area contributed by atoms with Crippen molar-refractivity contribution in [2.24, 2.45) is 0 Å². The van der Waals surface area contributed by atoms with E-state index >= 15 is 0 Å². The Bertz CT molecular complexity index is 279. The second-order valence-electron chi connectivity index (χ2n) is 3.77. The van der Waals surface area contributed by atoms with E-state index in [-0.39, 0.29) is 0 Å². The van der Waals surface area contributed by atoms with Gasteiger partial charge in [-0.15, -0.1) is 0 Å². The molecule has 0 aliphatic carbocycles. The first-order chi connectivity index (χ1) is 6.74. The molecule has 0 fully saturated rings. The average molecular weight is 191 g/mol. The third-order valence-corrected chi connectivity index (χ3v) is 2.47. The van der Waals surface area contributed by atoms with Crippen LogP contribution in [0.2, 0.25) is 0 Å². The SMILES string of the molecule is [CH2]c1ccc(CCCCCC)cc1O. The van der Waals surface area contributed by atoms with Gasteiger partial charge in [0, 0.05) is 0 Å². The van der Waals surface area contributed by atoms with E-state index in [4.69, 9.17) is 0 Å². The molecule has 0 saturated carbocycles. The Balaban J connectivity index is 2.39. The topological polar surface area (TPSA) is 20.2 Å². The van der Waals surface area contributed by atoms with Crippen LogP contribution in [0.3, 0.4) is 0 Å². The van der Waals surface area contributed by atoms with Crippen LogP contribution in [0.5, 0.6) is 5.75 Å². The number of phenolic OH excluding ortho intramolecular Hbond substituents is 1. The molecule has 0 atom stereocenters. The maximum atomic E-state index is 9.44. The van der Waals surface area contributed by atoms with Crippen molar-refractivity contribution >= 4 is 0 Å². The maximum absolute atomic E-state index is 9.44. The average Bonchev–Trinajstić information content (AvgIpc) is 2.18. The molecule has 1 heteroatoms. The maximum Gasteiger partial charge on any atom is 0.119 e. The van der Waals surface area contributed by atoms with Crippen LogP contribution >= 0.6 is 0 Å². The van der Waals surface area contributed by atoms with Crippen molar-refractivity contribution in [2.45, 2.75) is 39.0 Å². The summed E-state index contributed by atoms with van der Waals surface area (Å²) in [6, 6.07) is 5.76. The van der Waals surface area contributed by atoms with E-state index in [1.165, 1.54) is 31.2 Å². The first-order valence-electron chi connectivity index (χ1n) is 5.38. The molecule has 0 spiro atoms. The molecule has 1 aromatic carbocycles. The summed E-state index contributed by atoms with van der Waals surface area (Å²) >= 11 is 0. The molecule has 77 valence electrons. The Morgan fingerprint density at radius 2 is 2.00 bits per heavy atom. The van der Waals surface area contributed by atoms with Crippen LogP contribution in [-0.4, -0.2) is 5.11 Å². The third kappa shape index (κ3) is 3.41. The van der Waals surface area contributed by atoms with E-state index in [2.05, 4.69) is 13.8 Å². The Morgan fingerprint density at radius 3 is 2.64 bits per heavy atom. The van der Waals surface area contributed by atoms with E-state index in [1.54, 1.807) is 0 Å². The van der Waals surface area contributed by atoms with Crippen molar-refractivity contribution in [3.05, 3.63) is 36.2 Å². The van der Waals surface area contributed by atoms with Crippen LogP contribution in [0, 0.1) is 6.92 Å². The number of aryl methyl sites for hydroxylation is 1.